The Balaban J connectivity index is 1.83. The van der Waals surface area contributed by atoms with Crippen molar-refractivity contribution in [1.82, 2.24) is 0 Å². The van der Waals surface area contributed by atoms with Gasteiger partial charge in [0.2, 0.25) is 11.8 Å². The number of carbonyl (C=O) groups excluding carboxylic acids is 2. The van der Waals surface area contributed by atoms with Crippen LogP contribution in [-0.4, -0.2) is 11.8 Å². The zero-order chi connectivity index (χ0) is 15.9. The lowest BCUT2D eigenvalue weighted by molar-refractivity contribution is -0.116. The fraction of sp³-hybridized carbons (Fsp3) is 0.176. The molecule has 2 amide bonds. The number of nitrogen functional groups attached to an aromatic ring is 1. The summed E-state index contributed by atoms with van der Waals surface area (Å²) in [5.41, 5.74) is 8.82. The van der Waals surface area contributed by atoms with Crippen molar-refractivity contribution in [2.45, 2.75) is 19.8 Å². The molecular weight excluding hydrogens is 278 g/mol. The summed E-state index contributed by atoms with van der Waals surface area (Å²) < 4.78 is 0. The fourth-order valence-electron chi connectivity index (χ4n) is 2.01. The van der Waals surface area contributed by atoms with Crippen molar-refractivity contribution >= 4 is 28.9 Å². The van der Waals surface area contributed by atoms with Gasteiger partial charge in [0.25, 0.3) is 0 Å². The molecule has 0 spiro atoms. The Kier molecular flexibility index (Phi) is 5.14. The number of aryl methyl sites for hydroxylation is 1. The van der Waals surface area contributed by atoms with Gasteiger partial charge >= 0.3 is 0 Å². The summed E-state index contributed by atoms with van der Waals surface area (Å²) in [4.78, 5) is 22.8. The molecule has 0 aliphatic heterocycles. The van der Waals surface area contributed by atoms with Gasteiger partial charge in [-0.1, -0.05) is 12.1 Å². The smallest absolute Gasteiger partial charge is 0.224 e. The Morgan fingerprint density at radius 2 is 1.45 bits per heavy atom. The third-order valence-corrected chi connectivity index (χ3v) is 3.11. The summed E-state index contributed by atoms with van der Waals surface area (Å²) in [5, 5.41) is 5.50. The van der Waals surface area contributed by atoms with Crippen LogP contribution in [0.2, 0.25) is 0 Å². The molecule has 2 aromatic rings. The first kappa shape index (κ1) is 15.6. The van der Waals surface area contributed by atoms with Crippen LogP contribution in [0.1, 0.15) is 18.9 Å². The van der Waals surface area contributed by atoms with E-state index in [0.717, 1.165) is 5.56 Å². The predicted octanol–water partition coefficient (Wildman–Crippen LogP) is 2.80. The van der Waals surface area contributed by atoms with Crippen molar-refractivity contribution in [2.75, 3.05) is 16.4 Å². The molecule has 0 fully saturated rings. The number of amides is 2. The number of benzene rings is 2. The van der Waals surface area contributed by atoms with Crippen molar-refractivity contribution in [1.29, 1.82) is 0 Å². The van der Waals surface area contributed by atoms with E-state index >= 15 is 0 Å². The van der Waals surface area contributed by atoms with Gasteiger partial charge in [0, 0.05) is 30.4 Å². The summed E-state index contributed by atoms with van der Waals surface area (Å²) in [6.45, 7) is 1.45. The van der Waals surface area contributed by atoms with Crippen molar-refractivity contribution in [3.8, 4) is 0 Å². The van der Waals surface area contributed by atoms with Gasteiger partial charge in [-0.15, -0.1) is 0 Å². The molecular formula is C17H19N3O2. The maximum Gasteiger partial charge on any atom is 0.224 e. The largest absolute Gasteiger partial charge is 0.399 e. The summed E-state index contributed by atoms with van der Waals surface area (Å²) >= 11 is 0. The van der Waals surface area contributed by atoms with E-state index in [1.807, 2.05) is 24.3 Å². The molecule has 22 heavy (non-hydrogen) atoms. The summed E-state index contributed by atoms with van der Waals surface area (Å²) in [6, 6.07) is 14.5. The summed E-state index contributed by atoms with van der Waals surface area (Å²) in [5.74, 6) is -0.176. The Morgan fingerprint density at radius 1 is 0.909 bits per heavy atom. The predicted molar refractivity (Wildman–Crippen MR) is 88.6 cm³/mol. The molecule has 0 heterocycles. The molecule has 0 saturated carbocycles. The standard InChI is InChI=1S/C17H19N3O2/c1-12(21)19-15-7-9-16(10-8-15)20-17(22)11-4-13-2-5-14(18)6-3-13/h2-3,5-10H,4,11,18H2,1H3,(H,19,21)(H,20,22). The molecule has 0 atom stereocenters. The monoisotopic (exact) mass is 297 g/mol. The van der Waals surface area contributed by atoms with Gasteiger partial charge in [0.1, 0.15) is 0 Å². The Labute approximate surface area is 129 Å². The second kappa shape index (κ2) is 7.26. The van der Waals surface area contributed by atoms with E-state index in [2.05, 4.69) is 10.6 Å². The van der Waals surface area contributed by atoms with Crippen LogP contribution in [0.25, 0.3) is 0 Å². The molecule has 2 rings (SSSR count). The lowest BCUT2D eigenvalue weighted by atomic mass is 10.1. The Morgan fingerprint density at radius 3 is 2.00 bits per heavy atom. The number of carbonyl (C=O) groups is 2. The quantitative estimate of drug-likeness (QED) is 0.742. The van der Waals surface area contributed by atoms with Gasteiger partial charge in [-0.2, -0.15) is 0 Å². The van der Waals surface area contributed by atoms with Crippen LogP contribution in [0, 0.1) is 0 Å². The first-order valence-electron chi connectivity index (χ1n) is 7.05. The van der Waals surface area contributed by atoms with Crippen LogP contribution in [0.5, 0.6) is 0 Å². The number of hydrogen-bond donors (Lipinski definition) is 3. The maximum atomic E-state index is 11.9. The second-order valence-electron chi connectivity index (χ2n) is 5.05. The zero-order valence-corrected chi connectivity index (χ0v) is 12.4. The highest BCUT2D eigenvalue weighted by atomic mass is 16.2. The molecule has 0 bridgehead atoms. The van der Waals surface area contributed by atoms with E-state index in [-0.39, 0.29) is 11.8 Å². The summed E-state index contributed by atoms with van der Waals surface area (Å²) in [6.07, 6.45) is 1.06. The molecule has 0 aliphatic carbocycles. The average Bonchev–Trinajstić information content (AvgIpc) is 2.48. The van der Waals surface area contributed by atoms with Crippen molar-refractivity contribution in [3.63, 3.8) is 0 Å². The molecule has 2 aromatic carbocycles. The molecule has 0 radical (unpaired) electrons. The first-order chi connectivity index (χ1) is 10.5. The molecule has 5 nitrogen and oxygen atoms in total. The highest BCUT2D eigenvalue weighted by Gasteiger charge is 2.04. The van der Waals surface area contributed by atoms with Gasteiger partial charge < -0.3 is 16.4 Å². The topological polar surface area (TPSA) is 84.2 Å². The number of nitrogens with two attached hydrogens (primary N) is 1. The van der Waals surface area contributed by atoms with E-state index < -0.39 is 0 Å². The number of rotatable bonds is 5. The van der Waals surface area contributed by atoms with Gasteiger partial charge in [0.05, 0.1) is 0 Å². The summed E-state index contributed by atoms with van der Waals surface area (Å²) in [7, 11) is 0. The highest BCUT2D eigenvalue weighted by Crippen LogP contribution is 2.14. The third kappa shape index (κ3) is 4.94. The SMILES string of the molecule is CC(=O)Nc1ccc(NC(=O)CCc2ccc(N)cc2)cc1. The third-order valence-electron chi connectivity index (χ3n) is 3.11. The lowest BCUT2D eigenvalue weighted by Crippen LogP contribution is -2.12. The van der Waals surface area contributed by atoms with Crippen LogP contribution in [0.15, 0.2) is 48.5 Å². The van der Waals surface area contributed by atoms with Crippen LogP contribution in [-0.2, 0) is 16.0 Å². The van der Waals surface area contributed by atoms with E-state index in [1.165, 1.54) is 6.92 Å². The molecule has 114 valence electrons. The molecule has 5 heteroatoms. The average molecular weight is 297 g/mol. The Bertz CT molecular complexity index is 649. The van der Waals surface area contributed by atoms with Crippen LogP contribution in [0.4, 0.5) is 17.1 Å². The van der Waals surface area contributed by atoms with Crippen molar-refractivity contribution in [3.05, 3.63) is 54.1 Å². The molecule has 0 aliphatic rings. The van der Waals surface area contributed by atoms with Crippen LogP contribution < -0.4 is 16.4 Å². The maximum absolute atomic E-state index is 11.9. The normalized spacial score (nSPS) is 10.0. The minimum absolute atomic E-state index is 0.0518. The van der Waals surface area contributed by atoms with E-state index in [0.29, 0.717) is 29.9 Å². The molecule has 4 N–H and O–H groups in total. The zero-order valence-electron chi connectivity index (χ0n) is 12.4. The fourth-order valence-corrected chi connectivity index (χ4v) is 2.01. The van der Waals surface area contributed by atoms with E-state index in [1.54, 1.807) is 24.3 Å². The van der Waals surface area contributed by atoms with Gasteiger partial charge in [-0.25, -0.2) is 0 Å². The van der Waals surface area contributed by atoms with Crippen molar-refractivity contribution in [2.24, 2.45) is 0 Å². The van der Waals surface area contributed by atoms with Crippen LogP contribution in [0.3, 0.4) is 0 Å². The number of nitrogens with one attached hydrogen (secondary N) is 2. The van der Waals surface area contributed by atoms with E-state index in [9.17, 15) is 9.59 Å². The highest BCUT2D eigenvalue weighted by molar-refractivity contribution is 5.92. The molecule has 0 aromatic heterocycles. The number of anilines is 3. The van der Waals surface area contributed by atoms with Gasteiger partial charge in [0.15, 0.2) is 0 Å². The van der Waals surface area contributed by atoms with Gasteiger partial charge in [-0.3, -0.25) is 9.59 Å². The minimum atomic E-state index is -0.125. The Hall–Kier alpha value is -2.82. The first-order valence-corrected chi connectivity index (χ1v) is 7.05. The van der Waals surface area contributed by atoms with E-state index in [4.69, 9.17) is 5.73 Å². The van der Waals surface area contributed by atoms with Crippen molar-refractivity contribution < 1.29 is 9.59 Å². The van der Waals surface area contributed by atoms with Crippen LogP contribution >= 0.6 is 0 Å². The minimum Gasteiger partial charge on any atom is -0.399 e. The molecule has 0 unspecified atom stereocenters. The number of hydrogen-bond acceptors (Lipinski definition) is 3. The lowest BCUT2D eigenvalue weighted by Gasteiger charge is -2.07. The molecule has 0 saturated heterocycles. The van der Waals surface area contributed by atoms with Gasteiger partial charge in [-0.05, 0) is 48.4 Å². The second-order valence-corrected chi connectivity index (χ2v) is 5.05.